The van der Waals surface area contributed by atoms with E-state index in [4.69, 9.17) is 4.74 Å². The van der Waals surface area contributed by atoms with Gasteiger partial charge in [-0.3, -0.25) is 4.68 Å². The maximum atomic E-state index is 5.09. The molecule has 1 aromatic heterocycles. The van der Waals surface area contributed by atoms with E-state index in [9.17, 15) is 0 Å². The highest BCUT2D eigenvalue weighted by Gasteiger charge is 2.21. The predicted octanol–water partition coefficient (Wildman–Crippen LogP) is 2.21. The standard InChI is InChI=1S/C11H20BrN3O/c1-8(2)10(13-3)11-9(12)7-14-15(11)5-6-16-4/h7-8,10,13H,5-6H2,1-4H3. The predicted molar refractivity (Wildman–Crippen MR) is 68.4 cm³/mol. The number of hydrogen-bond donors (Lipinski definition) is 1. The van der Waals surface area contributed by atoms with Crippen molar-refractivity contribution < 1.29 is 4.74 Å². The molecule has 0 saturated heterocycles. The molecule has 1 atom stereocenters. The first-order valence-electron chi connectivity index (χ1n) is 5.49. The normalized spacial score (nSPS) is 13.4. The van der Waals surface area contributed by atoms with Gasteiger partial charge in [-0.1, -0.05) is 13.8 Å². The molecule has 0 aliphatic heterocycles. The van der Waals surface area contributed by atoms with Crippen LogP contribution in [0.4, 0.5) is 0 Å². The SMILES string of the molecule is CNC(c1c(Br)cnn1CCOC)C(C)C. The van der Waals surface area contributed by atoms with E-state index in [1.807, 2.05) is 17.9 Å². The Morgan fingerprint density at radius 3 is 2.75 bits per heavy atom. The number of rotatable bonds is 6. The van der Waals surface area contributed by atoms with Crippen LogP contribution >= 0.6 is 15.9 Å². The Morgan fingerprint density at radius 2 is 2.25 bits per heavy atom. The first kappa shape index (κ1) is 13.7. The van der Waals surface area contributed by atoms with E-state index in [1.54, 1.807) is 7.11 Å². The Balaban J connectivity index is 2.94. The highest BCUT2D eigenvalue weighted by molar-refractivity contribution is 9.10. The van der Waals surface area contributed by atoms with E-state index in [1.165, 1.54) is 5.69 Å². The van der Waals surface area contributed by atoms with Crippen LogP contribution in [0.3, 0.4) is 0 Å². The van der Waals surface area contributed by atoms with Crippen molar-refractivity contribution in [2.45, 2.75) is 26.4 Å². The van der Waals surface area contributed by atoms with Gasteiger partial charge in [0.15, 0.2) is 0 Å². The molecule has 16 heavy (non-hydrogen) atoms. The second-order valence-electron chi connectivity index (χ2n) is 4.10. The fraction of sp³-hybridized carbons (Fsp3) is 0.727. The van der Waals surface area contributed by atoms with E-state index < -0.39 is 0 Å². The average Bonchev–Trinajstić information content (AvgIpc) is 2.59. The number of nitrogens with one attached hydrogen (secondary N) is 1. The lowest BCUT2D eigenvalue weighted by molar-refractivity contribution is 0.181. The monoisotopic (exact) mass is 289 g/mol. The quantitative estimate of drug-likeness (QED) is 0.873. The van der Waals surface area contributed by atoms with Crippen molar-refractivity contribution in [3.8, 4) is 0 Å². The Labute approximate surface area is 105 Å². The second-order valence-corrected chi connectivity index (χ2v) is 4.96. The smallest absolute Gasteiger partial charge is 0.0699 e. The van der Waals surface area contributed by atoms with Crippen LogP contribution in [0.25, 0.3) is 0 Å². The fourth-order valence-electron chi connectivity index (χ4n) is 1.82. The van der Waals surface area contributed by atoms with Crippen molar-refractivity contribution in [2.24, 2.45) is 5.92 Å². The molecule has 1 N–H and O–H groups in total. The van der Waals surface area contributed by atoms with Gasteiger partial charge in [-0.05, 0) is 28.9 Å². The van der Waals surface area contributed by atoms with Crippen LogP contribution in [0.5, 0.6) is 0 Å². The molecule has 0 amide bonds. The zero-order valence-corrected chi connectivity index (χ0v) is 11.9. The first-order chi connectivity index (χ1) is 7.61. The Bertz CT molecular complexity index is 325. The third-order valence-electron chi connectivity index (χ3n) is 2.61. The van der Waals surface area contributed by atoms with E-state index in [0.29, 0.717) is 18.6 Å². The van der Waals surface area contributed by atoms with Crippen molar-refractivity contribution in [3.63, 3.8) is 0 Å². The molecule has 1 heterocycles. The summed E-state index contributed by atoms with van der Waals surface area (Å²) in [6.45, 7) is 5.85. The topological polar surface area (TPSA) is 39.1 Å². The second kappa shape index (κ2) is 6.37. The van der Waals surface area contributed by atoms with Gasteiger partial charge in [0.2, 0.25) is 0 Å². The fourth-order valence-corrected chi connectivity index (χ4v) is 2.37. The number of methoxy groups -OCH3 is 1. The molecule has 1 aromatic rings. The zero-order chi connectivity index (χ0) is 12.1. The van der Waals surface area contributed by atoms with E-state index in [-0.39, 0.29) is 0 Å². The van der Waals surface area contributed by atoms with Gasteiger partial charge in [-0.15, -0.1) is 0 Å². The molecule has 0 radical (unpaired) electrons. The molecule has 0 aromatic carbocycles. The molecule has 0 fully saturated rings. The molecule has 0 bridgehead atoms. The Morgan fingerprint density at radius 1 is 1.56 bits per heavy atom. The minimum atomic E-state index is 0.300. The van der Waals surface area contributed by atoms with Gasteiger partial charge in [0.1, 0.15) is 0 Å². The average molecular weight is 290 g/mol. The van der Waals surface area contributed by atoms with Crippen molar-refractivity contribution in [1.29, 1.82) is 0 Å². The summed E-state index contributed by atoms with van der Waals surface area (Å²) in [5.74, 6) is 0.513. The summed E-state index contributed by atoms with van der Waals surface area (Å²) in [5, 5.41) is 7.68. The van der Waals surface area contributed by atoms with Crippen LogP contribution < -0.4 is 5.32 Å². The number of aromatic nitrogens is 2. The van der Waals surface area contributed by atoms with Crippen molar-refractivity contribution in [3.05, 3.63) is 16.4 Å². The molecule has 1 unspecified atom stereocenters. The summed E-state index contributed by atoms with van der Waals surface area (Å²) in [5.41, 5.74) is 1.19. The van der Waals surface area contributed by atoms with Crippen LogP contribution in [-0.2, 0) is 11.3 Å². The van der Waals surface area contributed by atoms with Gasteiger partial charge in [-0.25, -0.2) is 0 Å². The molecule has 5 heteroatoms. The Hall–Kier alpha value is -0.390. The highest BCUT2D eigenvalue weighted by Crippen LogP contribution is 2.28. The van der Waals surface area contributed by atoms with E-state index >= 15 is 0 Å². The lowest BCUT2D eigenvalue weighted by Gasteiger charge is -2.22. The van der Waals surface area contributed by atoms with Gasteiger partial charge in [0.25, 0.3) is 0 Å². The number of ether oxygens (including phenoxy) is 1. The summed E-state index contributed by atoms with van der Waals surface area (Å²) >= 11 is 3.55. The summed E-state index contributed by atoms with van der Waals surface area (Å²) in [6, 6.07) is 0.300. The molecular formula is C11H20BrN3O. The maximum absolute atomic E-state index is 5.09. The van der Waals surface area contributed by atoms with Gasteiger partial charge in [0.05, 0.1) is 35.6 Å². The Kier molecular flexibility index (Phi) is 5.44. The van der Waals surface area contributed by atoms with E-state index in [0.717, 1.165) is 11.0 Å². The summed E-state index contributed by atoms with van der Waals surface area (Å²) in [6.07, 6.45) is 1.84. The van der Waals surface area contributed by atoms with Crippen molar-refractivity contribution in [2.75, 3.05) is 20.8 Å². The molecular weight excluding hydrogens is 270 g/mol. The molecule has 0 spiro atoms. The van der Waals surface area contributed by atoms with Crippen LogP contribution in [-0.4, -0.2) is 30.5 Å². The molecule has 0 saturated carbocycles. The minimum Gasteiger partial charge on any atom is -0.383 e. The number of halogens is 1. The van der Waals surface area contributed by atoms with Crippen LogP contribution in [0.1, 0.15) is 25.6 Å². The lowest BCUT2D eigenvalue weighted by Crippen LogP contribution is -2.26. The van der Waals surface area contributed by atoms with Gasteiger partial charge in [-0.2, -0.15) is 5.10 Å². The third kappa shape index (κ3) is 3.06. The maximum Gasteiger partial charge on any atom is 0.0699 e. The summed E-state index contributed by atoms with van der Waals surface area (Å²) in [7, 11) is 3.68. The molecule has 92 valence electrons. The summed E-state index contributed by atoms with van der Waals surface area (Å²) in [4.78, 5) is 0. The van der Waals surface area contributed by atoms with Gasteiger partial charge < -0.3 is 10.1 Å². The van der Waals surface area contributed by atoms with Crippen molar-refractivity contribution >= 4 is 15.9 Å². The largest absolute Gasteiger partial charge is 0.383 e. The van der Waals surface area contributed by atoms with Crippen LogP contribution in [0, 0.1) is 5.92 Å². The summed E-state index contributed by atoms with van der Waals surface area (Å²) < 4.78 is 8.13. The molecule has 0 aliphatic carbocycles. The van der Waals surface area contributed by atoms with E-state index in [2.05, 4.69) is 40.2 Å². The zero-order valence-electron chi connectivity index (χ0n) is 10.3. The van der Waals surface area contributed by atoms with Crippen molar-refractivity contribution in [1.82, 2.24) is 15.1 Å². The number of hydrogen-bond acceptors (Lipinski definition) is 3. The highest BCUT2D eigenvalue weighted by atomic mass is 79.9. The first-order valence-corrected chi connectivity index (χ1v) is 6.28. The molecule has 4 nitrogen and oxygen atoms in total. The van der Waals surface area contributed by atoms with Gasteiger partial charge in [0, 0.05) is 7.11 Å². The molecule has 1 rings (SSSR count). The lowest BCUT2D eigenvalue weighted by atomic mass is 10.0. The minimum absolute atomic E-state index is 0.300. The number of nitrogens with zero attached hydrogens (tertiary/aromatic N) is 2. The molecule has 0 aliphatic rings. The van der Waals surface area contributed by atoms with Gasteiger partial charge >= 0.3 is 0 Å². The van der Waals surface area contributed by atoms with Crippen LogP contribution in [0.2, 0.25) is 0 Å². The third-order valence-corrected chi connectivity index (χ3v) is 3.22. The van der Waals surface area contributed by atoms with Crippen LogP contribution in [0.15, 0.2) is 10.7 Å².